The molecule has 0 bridgehead atoms. The van der Waals surface area contributed by atoms with E-state index in [-0.39, 0.29) is 6.03 Å². The molecule has 0 heterocycles. The number of hydrogen-bond donors (Lipinski definition) is 2. The zero-order valence-electron chi connectivity index (χ0n) is 17.2. The Morgan fingerprint density at radius 1 is 0.833 bits per heavy atom. The van der Waals surface area contributed by atoms with Gasteiger partial charge >= 0.3 is 6.03 Å². The third kappa shape index (κ3) is 5.91. The highest BCUT2D eigenvalue weighted by atomic mass is 16.5. The van der Waals surface area contributed by atoms with E-state index >= 15 is 0 Å². The molecular formula is C24H26N2O4. The summed E-state index contributed by atoms with van der Waals surface area (Å²) in [6, 6.07) is 23.1. The number of hydrogen-bond acceptors (Lipinski definition) is 4. The maximum absolute atomic E-state index is 12.1. The van der Waals surface area contributed by atoms with Crippen LogP contribution in [0.15, 0.2) is 72.8 Å². The predicted octanol–water partition coefficient (Wildman–Crippen LogP) is 4.50. The van der Waals surface area contributed by atoms with Crippen LogP contribution in [0.3, 0.4) is 0 Å². The van der Waals surface area contributed by atoms with Gasteiger partial charge in [-0.25, -0.2) is 4.79 Å². The van der Waals surface area contributed by atoms with Crippen molar-refractivity contribution in [3.63, 3.8) is 0 Å². The van der Waals surface area contributed by atoms with Crippen molar-refractivity contribution < 1.29 is 19.0 Å². The van der Waals surface area contributed by atoms with E-state index in [1.165, 1.54) is 5.56 Å². The summed E-state index contributed by atoms with van der Waals surface area (Å²) in [5, 5.41) is 5.56. The number of methoxy groups -OCH3 is 2. The molecule has 3 rings (SSSR count). The van der Waals surface area contributed by atoms with Crippen molar-refractivity contribution in [1.82, 2.24) is 5.32 Å². The Hall–Kier alpha value is -3.67. The second-order valence-electron chi connectivity index (χ2n) is 6.57. The monoisotopic (exact) mass is 406 g/mol. The first-order valence-electron chi connectivity index (χ1n) is 9.71. The summed E-state index contributed by atoms with van der Waals surface area (Å²) in [4.78, 5) is 12.1. The van der Waals surface area contributed by atoms with Crippen molar-refractivity contribution in [3.8, 4) is 17.2 Å². The number of rotatable bonds is 9. The summed E-state index contributed by atoms with van der Waals surface area (Å²) in [7, 11) is 3.12. The van der Waals surface area contributed by atoms with Crippen LogP contribution in [0.25, 0.3) is 0 Å². The smallest absolute Gasteiger partial charge is 0.319 e. The number of carbonyl (C=O) groups is 1. The first kappa shape index (κ1) is 21.0. The molecule has 0 radical (unpaired) electrons. The van der Waals surface area contributed by atoms with Gasteiger partial charge in [0.2, 0.25) is 0 Å². The van der Waals surface area contributed by atoms with Gasteiger partial charge in [-0.1, -0.05) is 48.5 Å². The van der Waals surface area contributed by atoms with Gasteiger partial charge in [-0.2, -0.15) is 0 Å². The average molecular weight is 406 g/mol. The summed E-state index contributed by atoms with van der Waals surface area (Å²) in [6.45, 7) is 0.740. The molecular weight excluding hydrogens is 380 g/mol. The second kappa shape index (κ2) is 10.8. The van der Waals surface area contributed by atoms with Gasteiger partial charge in [0.25, 0.3) is 0 Å². The average Bonchev–Trinajstić information content (AvgIpc) is 2.78. The zero-order valence-corrected chi connectivity index (χ0v) is 17.2. The quantitative estimate of drug-likeness (QED) is 0.514. The van der Waals surface area contributed by atoms with Gasteiger partial charge in [0, 0.05) is 18.2 Å². The van der Waals surface area contributed by atoms with E-state index in [0.717, 1.165) is 17.7 Å². The molecule has 0 saturated heterocycles. The van der Waals surface area contributed by atoms with Gasteiger partial charge < -0.3 is 24.8 Å². The number of carbonyl (C=O) groups excluding carboxylic acids is 1. The molecule has 3 aromatic rings. The standard InChI is InChI=1S/C24H26N2O4/c1-28-22-13-12-20(17-23(22)29-2)26-24(27)25-14-15-30-21-11-7-6-10-19(21)16-18-8-4-3-5-9-18/h3-13,17H,14-16H2,1-2H3,(H2,25,26,27). The Morgan fingerprint density at radius 2 is 1.57 bits per heavy atom. The molecule has 0 spiro atoms. The first-order valence-corrected chi connectivity index (χ1v) is 9.71. The summed E-state index contributed by atoms with van der Waals surface area (Å²) in [5.41, 5.74) is 2.94. The largest absolute Gasteiger partial charge is 0.493 e. The Labute approximate surface area is 176 Å². The van der Waals surface area contributed by atoms with Crippen molar-refractivity contribution in [2.75, 3.05) is 32.7 Å². The van der Waals surface area contributed by atoms with E-state index in [4.69, 9.17) is 14.2 Å². The molecule has 0 aliphatic rings. The molecule has 0 aliphatic heterocycles. The lowest BCUT2D eigenvalue weighted by molar-refractivity contribution is 0.247. The molecule has 2 N–H and O–H groups in total. The highest BCUT2D eigenvalue weighted by Gasteiger charge is 2.08. The van der Waals surface area contributed by atoms with E-state index in [1.807, 2.05) is 36.4 Å². The van der Waals surface area contributed by atoms with Crippen molar-refractivity contribution in [3.05, 3.63) is 83.9 Å². The molecule has 0 fully saturated rings. The first-order chi connectivity index (χ1) is 14.7. The Morgan fingerprint density at radius 3 is 2.33 bits per heavy atom. The van der Waals surface area contributed by atoms with Gasteiger partial charge in [0.05, 0.1) is 20.8 Å². The number of anilines is 1. The van der Waals surface area contributed by atoms with Gasteiger partial charge in [-0.05, 0) is 29.3 Å². The van der Waals surface area contributed by atoms with Crippen LogP contribution in [0.2, 0.25) is 0 Å². The zero-order chi connectivity index (χ0) is 21.2. The topological polar surface area (TPSA) is 68.8 Å². The van der Waals surface area contributed by atoms with E-state index in [2.05, 4.69) is 28.8 Å². The maximum Gasteiger partial charge on any atom is 0.319 e. The van der Waals surface area contributed by atoms with Gasteiger partial charge in [0.15, 0.2) is 11.5 Å². The molecule has 6 heteroatoms. The maximum atomic E-state index is 12.1. The molecule has 0 saturated carbocycles. The summed E-state index contributed by atoms with van der Waals surface area (Å²) in [6.07, 6.45) is 0.796. The summed E-state index contributed by atoms with van der Waals surface area (Å²) in [5.74, 6) is 1.98. The number of benzene rings is 3. The molecule has 6 nitrogen and oxygen atoms in total. The minimum atomic E-state index is -0.316. The number of urea groups is 1. The van der Waals surface area contributed by atoms with E-state index in [1.54, 1.807) is 32.4 Å². The molecule has 0 aromatic heterocycles. The van der Waals surface area contributed by atoms with Gasteiger partial charge in [-0.3, -0.25) is 0 Å². The number of ether oxygens (including phenoxy) is 3. The fraction of sp³-hybridized carbons (Fsp3) is 0.208. The number of para-hydroxylation sites is 1. The highest BCUT2D eigenvalue weighted by molar-refractivity contribution is 5.89. The lowest BCUT2D eigenvalue weighted by Crippen LogP contribution is -2.32. The third-order valence-corrected chi connectivity index (χ3v) is 4.50. The normalized spacial score (nSPS) is 10.2. The minimum Gasteiger partial charge on any atom is -0.493 e. The van der Waals surface area contributed by atoms with Gasteiger partial charge in [0.1, 0.15) is 12.4 Å². The Bertz CT molecular complexity index is 960. The van der Waals surface area contributed by atoms with E-state index in [9.17, 15) is 4.79 Å². The fourth-order valence-corrected chi connectivity index (χ4v) is 3.02. The molecule has 3 aromatic carbocycles. The van der Waals surface area contributed by atoms with Crippen LogP contribution in [-0.2, 0) is 6.42 Å². The van der Waals surface area contributed by atoms with Crippen molar-refractivity contribution >= 4 is 11.7 Å². The van der Waals surface area contributed by atoms with Crippen LogP contribution in [-0.4, -0.2) is 33.4 Å². The van der Waals surface area contributed by atoms with Crippen LogP contribution in [0.1, 0.15) is 11.1 Å². The van der Waals surface area contributed by atoms with Crippen LogP contribution < -0.4 is 24.8 Å². The number of nitrogens with one attached hydrogen (secondary N) is 2. The Balaban J connectivity index is 1.48. The molecule has 0 atom stereocenters. The predicted molar refractivity (Wildman–Crippen MR) is 118 cm³/mol. The highest BCUT2D eigenvalue weighted by Crippen LogP contribution is 2.29. The van der Waals surface area contributed by atoms with Gasteiger partial charge in [-0.15, -0.1) is 0 Å². The van der Waals surface area contributed by atoms with Crippen molar-refractivity contribution in [2.45, 2.75) is 6.42 Å². The van der Waals surface area contributed by atoms with Crippen molar-refractivity contribution in [2.24, 2.45) is 0 Å². The minimum absolute atomic E-state index is 0.316. The van der Waals surface area contributed by atoms with Crippen LogP contribution in [0.4, 0.5) is 10.5 Å². The molecule has 0 aliphatic carbocycles. The lowest BCUT2D eigenvalue weighted by Gasteiger charge is -2.13. The Kier molecular flexibility index (Phi) is 7.55. The lowest BCUT2D eigenvalue weighted by atomic mass is 10.0. The summed E-state index contributed by atoms with van der Waals surface area (Å²) >= 11 is 0. The molecule has 30 heavy (non-hydrogen) atoms. The second-order valence-corrected chi connectivity index (χ2v) is 6.57. The molecule has 2 amide bonds. The molecule has 156 valence electrons. The fourth-order valence-electron chi connectivity index (χ4n) is 3.02. The van der Waals surface area contributed by atoms with E-state index < -0.39 is 0 Å². The molecule has 0 unspecified atom stereocenters. The van der Waals surface area contributed by atoms with E-state index in [0.29, 0.717) is 30.3 Å². The van der Waals surface area contributed by atoms with Crippen LogP contribution >= 0.6 is 0 Å². The third-order valence-electron chi connectivity index (χ3n) is 4.50. The SMILES string of the molecule is COc1ccc(NC(=O)NCCOc2ccccc2Cc2ccccc2)cc1OC. The van der Waals surface area contributed by atoms with Crippen LogP contribution in [0, 0.1) is 0 Å². The number of amides is 2. The summed E-state index contributed by atoms with van der Waals surface area (Å²) < 4.78 is 16.3. The van der Waals surface area contributed by atoms with Crippen LogP contribution in [0.5, 0.6) is 17.2 Å². The van der Waals surface area contributed by atoms with Crippen molar-refractivity contribution in [1.29, 1.82) is 0 Å².